The summed E-state index contributed by atoms with van der Waals surface area (Å²) in [6, 6.07) is 7.18. The fourth-order valence-corrected chi connectivity index (χ4v) is 2.19. The van der Waals surface area contributed by atoms with Crippen molar-refractivity contribution in [2.75, 3.05) is 0 Å². The van der Waals surface area contributed by atoms with Crippen molar-refractivity contribution in [3.63, 3.8) is 0 Å². The van der Waals surface area contributed by atoms with E-state index in [-0.39, 0.29) is 5.91 Å². The number of hydrogen-bond donors (Lipinski definition) is 0. The maximum atomic E-state index is 12.5. The fraction of sp³-hybridized carbons (Fsp3) is 0.0714. The molecule has 0 spiro atoms. The lowest BCUT2D eigenvalue weighted by Crippen LogP contribution is -2.11. The topological polar surface area (TPSA) is 60.9 Å². The molecule has 1 aromatic carbocycles. The number of rotatable bonds is 2. The van der Waals surface area contributed by atoms with Gasteiger partial charge >= 0.3 is 0 Å². The van der Waals surface area contributed by atoms with Gasteiger partial charge in [0.05, 0.1) is 5.02 Å². The second-order valence-electron chi connectivity index (χ2n) is 4.22. The Kier molecular flexibility index (Phi) is 3.12. The van der Waals surface area contributed by atoms with Crippen LogP contribution in [0.2, 0.25) is 5.02 Å². The summed E-state index contributed by atoms with van der Waals surface area (Å²) in [5.41, 5.74) is 1.48. The lowest BCUT2D eigenvalue weighted by Gasteiger charge is -2.04. The molecule has 0 amide bonds. The first-order valence-corrected chi connectivity index (χ1v) is 6.30. The molecule has 0 fully saturated rings. The first-order valence-electron chi connectivity index (χ1n) is 5.92. The predicted octanol–water partition coefficient (Wildman–Crippen LogP) is 3.19. The molecule has 0 unspecified atom stereocenters. The number of aromatic nitrogens is 3. The quantitative estimate of drug-likeness (QED) is 0.726. The molecular weight excluding hydrogens is 278 g/mol. The maximum Gasteiger partial charge on any atom is 0.269 e. The summed E-state index contributed by atoms with van der Waals surface area (Å²) < 4.78 is 6.54. The molecule has 0 aliphatic carbocycles. The van der Waals surface area contributed by atoms with Crippen LogP contribution in [0.5, 0.6) is 0 Å². The Morgan fingerprint density at radius 3 is 2.85 bits per heavy atom. The predicted molar refractivity (Wildman–Crippen MR) is 73.6 cm³/mol. The standard InChI is InChI=1S/C14H10ClN3O2/c1-9-12(14(19)18-7-6-16-8-18)13(17-20-9)10-4-2-3-5-11(10)15/h2-8H,1H3. The van der Waals surface area contributed by atoms with E-state index in [1.54, 1.807) is 25.3 Å². The molecule has 2 aromatic heterocycles. The van der Waals surface area contributed by atoms with E-state index in [0.717, 1.165) is 0 Å². The highest BCUT2D eigenvalue weighted by atomic mass is 35.5. The molecule has 100 valence electrons. The summed E-state index contributed by atoms with van der Waals surface area (Å²) in [5.74, 6) is 0.190. The van der Waals surface area contributed by atoms with E-state index >= 15 is 0 Å². The van der Waals surface area contributed by atoms with E-state index in [1.807, 2.05) is 12.1 Å². The molecule has 0 radical (unpaired) electrons. The van der Waals surface area contributed by atoms with E-state index < -0.39 is 0 Å². The van der Waals surface area contributed by atoms with E-state index in [0.29, 0.717) is 27.6 Å². The van der Waals surface area contributed by atoms with Gasteiger partial charge in [-0.3, -0.25) is 9.36 Å². The van der Waals surface area contributed by atoms with Gasteiger partial charge in [0.2, 0.25) is 0 Å². The molecule has 0 saturated carbocycles. The second-order valence-corrected chi connectivity index (χ2v) is 4.62. The van der Waals surface area contributed by atoms with Crippen molar-refractivity contribution >= 4 is 17.5 Å². The van der Waals surface area contributed by atoms with Crippen molar-refractivity contribution in [2.24, 2.45) is 0 Å². The number of benzene rings is 1. The van der Waals surface area contributed by atoms with Crippen molar-refractivity contribution in [1.29, 1.82) is 0 Å². The minimum atomic E-state index is -0.254. The number of hydrogen-bond acceptors (Lipinski definition) is 4. The van der Waals surface area contributed by atoms with Crippen LogP contribution in [0.3, 0.4) is 0 Å². The summed E-state index contributed by atoms with van der Waals surface area (Å²) in [4.78, 5) is 16.3. The third-order valence-electron chi connectivity index (χ3n) is 2.94. The molecule has 3 aromatic rings. The normalized spacial score (nSPS) is 10.7. The van der Waals surface area contributed by atoms with Crippen LogP contribution in [-0.4, -0.2) is 20.6 Å². The van der Waals surface area contributed by atoms with Crippen LogP contribution in [0.4, 0.5) is 0 Å². The van der Waals surface area contributed by atoms with E-state index in [1.165, 1.54) is 17.1 Å². The van der Waals surface area contributed by atoms with Gasteiger partial charge in [0.25, 0.3) is 5.91 Å². The minimum Gasteiger partial charge on any atom is -0.360 e. The van der Waals surface area contributed by atoms with Crippen LogP contribution in [0.25, 0.3) is 11.3 Å². The van der Waals surface area contributed by atoms with Crippen molar-refractivity contribution in [3.05, 3.63) is 59.3 Å². The molecule has 0 N–H and O–H groups in total. The summed E-state index contributed by atoms with van der Waals surface area (Å²) >= 11 is 6.16. The van der Waals surface area contributed by atoms with Gasteiger partial charge in [-0.2, -0.15) is 0 Å². The van der Waals surface area contributed by atoms with Gasteiger partial charge in [-0.25, -0.2) is 4.98 Å². The molecule has 6 heteroatoms. The number of carbonyl (C=O) groups is 1. The van der Waals surface area contributed by atoms with Crippen molar-refractivity contribution in [2.45, 2.75) is 6.92 Å². The fourth-order valence-electron chi connectivity index (χ4n) is 1.97. The lowest BCUT2D eigenvalue weighted by atomic mass is 10.1. The summed E-state index contributed by atoms with van der Waals surface area (Å²) in [7, 11) is 0. The molecule has 5 nitrogen and oxygen atoms in total. The average molecular weight is 288 g/mol. The molecule has 3 rings (SSSR count). The first-order chi connectivity index (χ1) is 9.68. The summed E-state index contributed by atoms with van der Waals surface area (Å²) in [6.45, 7) is 1.69. The van der Waals surface area contributed by atoms with E-state index in [9.17, 15) is 4.79 Å². The highest BCUT2D eigenvalue weighted by molar-refractivity contribution is 6.33. The van der Waals surface area contributed by atoms with E-state index in [2.05, 4.69) is 10.1 Å². The van der Waals surface area contributed by atoms with Gasteiger partial charge in [-0.15, -0.1) is 0 Å². The van der Waals surface area contributed by atoms with Crippen molar-refractivity contribution in [1.82, 2.24) is 14.7 Å². The smallest absolute Gasteiger partial charge is 0.269 e. The number of halogens is 1. The Morgan fingerprint density at radius 1 is 1.35 bits per heavy atom. The third-order valence-corrected chi connectivity index (χ3v) is 3.27. The van der Waals surface area contributed by atoms with Gasteiger partial charge in [0.15, 0.2) is 0 Å². The molecule has 0 bridgehead atoms. The van der Waals surface area contributed by atoms with Crippen molar-refractivity contribution in [3.8, 4) is 11.3 Å². The molecule has 20 heavy (non-hydrogen) atoms. The number of aryl methyl sites for hydroxylation is 1. The maximum absolute atomic E-state index is 12.5. The Hall–Kier alpha value is -2.40. The molecule has 2 heterocycles. The SMILES string of the molecule is Cc1onc(-c2ccccc2Cl)c1C(=O)n1ccnc1. The Labute approximate surface area is 119 Å². The Bertz CT molecular complexity index is 763. The van der Waals surface area contributed by atoms with Crippen LogP contribution < -0.4 is 0 Å². The average Bonchev–Trinajstić information content (AvgIpc) is 3.08. The second kappa shape index (κ2) is 4.94. The molecule has 0 aliphatic heterocycles. The lowest BCUT2D eigenvalue weighted by molar-refractivity contribution is 0.0959. The zero-order chi connectivity index (χ0) is 14.1. The summed E-state index contributed by atoms with van der Waals surface area (Å²) in [5, 5.41) is 4.48. The largest absolute Gasteiger partial charge is 0.360 e. The van der Waals surface area contributed by atoms with Gasteiger partial charge in [-0.05, 0) is 13.0 Å². The number of carbonyl (C=O) groups excluding carboxylic acids is 1. The molecular formula is C14H10ClN3O2. The highest BCUT2D eigenvalue weighted by Crippen LogP contribution is 2.31. The van der Waals surface area contributed by atoms with Crippen molar-refractivity contribution < 1.29 is 9.32 Å². The number of imidazole rings is 1. The molecule has 0 aliphatic rings. The Morgan fingerprint density at radius 2 is 2.15 bits per heavy atom. The zero-order valence-corrected chi connectivity index (χ0v) is 11.3. The van der Waals surface area contributed by atoms with Gasteiger partial charge in [0, 0.05) is 18.0 Å². The van der Waals surface area contributed by atoms with Crippen LogP contribution in [0.1, 0.15) is 16.1 Å². The summed E-state index contributed by atoms with van der Waals surface area (Å²) in [6.07, 6.45) is 4.55. The van der Waals surface area contributed by atoms with E-state index in [4.69, 9.17) is 16.1 Å². The molecule has 0 saturated heterocycles. The van der Waals surface area contributed by atoms with Crippen LogP contribution in [0.15, 0.2) is 47.5 Å². The number of nitrogens with zero attached hydrogens (tertiary/aromatic N) is 3. The Balaban J connectivity index is 2.16. The van der Waals surface area contributed by atoms with Crippen LogP contribution >= 0.6 is 11.6 Å². The van der Waals surface area contributed by atoms with Gasteiger partial charge in [0.1, 0.15) is 23.3 Å². The van der Waals surface area contributed by atoms with Crippen LogP contribution in [-0.2, 0) is 0 Å². The molecule has 0 atom stereocenters. The van der Waals surface area contributed by atoms with Crippen LogP contribution in [0, 0.1) is 6.92 Å². The minimum absolute atomic E-state index is 0.254. The third kappa shape index (κ3) is 2.02. The highest BCUT2D eigenvalue weighted by Gasteiger charge is 2.23. The zero-order valence-electron chi connectivity index (χ0n) is 10.6. The van der Waals surface area contributed by atoms with Gasteiger partial charge in [-0.1, -0.05) is 35.0 Å². The first kappa shape index (κ1) is 12.6. The monoisotopic (exact) mass is 287 g/mol. The van der Waals surface area contributed by atoms with Gasteiger partial charge < -0.3 is 4.52 Å².